The van der Waals surface area contributed by atoms with Gasteiger partial charge in [0, 0.05) is 18.2 Å². The Bertz CT molecular complexity index is 589. The highest BCUT2D eigenvalue weighted by molar-refractivity contribution is 5.73. The topological polar surface area (TPSA) is 122 Å². The van der Waals surface area contributed by atoms with Gasteiger partial charge >= 0.3 is 11.7 Å². The molecule has 0 aliphatic carbocycles. The van der Waals surface area contributed by atoms with Crippen LogP contribution in [0.3, 0.4) is 0 Å². The number of carboxylic acid groups (broad SMARTS) is 1. The molecular weight excluding hydrogens is 244 g/mol. The molecule has 1 aliphatic heterocycles. The van der Waals surface area contributed by atoms with Crippen molar-refractivity contribution in [1.29, 1.82) is 0 Å². The number of carbonyl (C=O) groups is 1. The molecule has 3 N–H and O–H groups in total. The average Bonchev–Trinajstić information content (AvgIpc) is 2.65. The second-order valence-corrected chi connectivity index (χ2v) is 4.13. The van der Waals surface area contributed by atoms with Gasteiger partial charge in [-0.15, -0.1) is 0 Å². The number of ether oxygens (including phenoxy) is 1. The minimum absolute atomic E-state index is 0.0254. The number of rotatable bonds is 2. The zero-order valence-corrected chi connectivity index (χ0v) is 9.49. The van der Waals surface area contributed by atoms with E-state index in [0.29, 0.717) is 5.56 Å². The molecule has 8 nitrogen and oxygen atoms in total. The Kier molecular flexibility index (Phi) is 3.05. The Balaban J connectivity index is 2.35. The molecule has 0 unspecified atom stereocenters. The lowest BCUT2D eigenvalue weighted by Crippen LogP contribution is -2.34. The molecule has 0 saturated carbocycles. The number of aryl methyl sites for hydroxylation is 1. The van der Waals surface area contributed by atoms with E-state index in [1.165, 1.54) is 13.1 Å². The van der Waals surface area contributed by atoms with Crippen LogP contribution in [0.15, 0.2) is 15.8 Å². The fraction of sp³-hybridized carbons (Fsp3) is 0.500. The van der Waals surface area contributed by atoms with E-state index < -0.39 is 35.7 Å². The lowest BCUT2D eigenvalue weighted by molar-refractivity contribution is -0.155. The summed E-state index contributed by atoms with van der Waals surface area (Å²) < 4.78 is 6.16. The first-order valence-electron chi connectivity index (χ1n) is 5.28. The van der Waals surface area contributed by atoms with E-state index in [-0.39, 0.29) is 6.42 Å². The van der Waals surface area contributed by atoms with Gasteiger partial charge in [0.05, 0.1) is 6.10 Å². The quantitative estimate of drug-likeness (QED) is 0.597. The molecule has 1 saturated heterocycles. The standard InChI is InChI=1S/C10H12N2O6/c1-4-3-12(10(17)11-8(4)14)6-2-5(13)7(18-6)9(15)16/h3,5-7,13H,2H2,1H3,(H,15,16)(H,11,14,17)/t5-,6-,7-/m0/s1. The Morgan fingerprint density at radius 3 is 2.78 bits per heavy atom. The second kappa shape index (κ2) is 4.39. The van der Waals surface area contributed by atoms with Gasteiger partial charge in [0.2, 0.25) is 0 Å². The summed E-state index contributed by atoms with van der Waals surface area (Å²) in [6.45, 7) is 1.51. The van der Waals surface area contributed by atoms with Gasteiger partial charge in [-0.3, -0.25) is 14.3 Å². The Hall–Kier alpha value is -1.93. The molecule has 1 fully saturated rings. The van der Waals surface area contributed by atoms with E-state index in [0.717, 1.165) is 4.57 Å². The van der Waals surface area contributed by atoms with E-state index >= 15 is 0 Å². The fourth-order valence-electron chi connectivity index (χ4n) is 1.85. The highest BCUT2D eigenvalue weighted by atomic mass is 16.6. The van der Waals surface area contributed by atoms with Crippen LogP contribution in [0.1, 0.15) is 18.2 Å². The normalized spacial score (nSPS) is 27.3. The summed E-state index contributed by atoms with van der Waals surface area (Å²) in [6.07, 6.45) is -2.20. The number of aromatic amines is 1. The lowest BCUT2D eigenvalue weighted by atomic mass is 10.2. The number of aliphatic hydroxyl groups is 1. The summed E-state index contributed by atoms with van der Waals surface area (Å²) >= 11 is 0. The molecule has 18 heavy (non-hydrogen) atoms. The highest BCUT2D eigenvalue weighted by Crippen LogP contribution is 2.27. The van der Waals surface area contributed by atoms with Crippen molar-refractivity contribution in [2.24, 2.45) is 0 Å². The fourth-order valence-corrected chi connectivity index (χ4v) is 1.85. The number of aliphatic carboxylic acids is 1. The van der Waals surface area contributed by atoms with Crippen LogP contribution in [0.2, 0.25) is 0 Å². The largest absolute Gasteiger partial charge is 0.479 e. The minimum atomic E-state index is -1.37. The number of aliphatic hydroxyl groups excluding tert-OH is 1. The number of hydrogen-bond acceptors (Lipinski definition) is 5. The van der Waals surface area contributed by atoms with Gasteiger partial charge in [0.25, 0.3) is 5.56 Å². The Morgan fingerprint density at radius 2 is 2.22 bits per heavy atom. The maximum Gasteiger partial charge on any atom is 0.335 e. The first-order valence-corrected chi connectivity index (χ1v) is 5.28. The van der Waals surface area contributed by atoms with Crippen molar-refractivity contribution in [2.45, 2.75) is 31.8 Å². The third kappa shape index (κ3) is 2.07. The molecule has 0 radical (unpaired) electrons. The molecule has 2 heterocycles. The molecule has 3 atom stereocenters. The first-order chi connectivity index (χ1) is 8.40. The Labute approximate surface area is 100 Å². The van der Waals surface area contributed by atoms with Crippen LogP contribution in [-0.4, -0.2) is 37.9 Å². The molecule has 1 aliphatic rings. The maximum atomic E-state index is 11.6. The van der Waals surface area contributed by atoms with E-state index in [1.54, 1.807) is 0 Å². The van der Waals surface area contributed by atoms with Crippen LogP contribution in [0.4, 0.5) is 0 Å². The molecule has 0 bridgehead atoms. The summed E-state index contributed by atoms with van der Waals surface area (Å²) in [7, 11) is 0. The van der Waals surface area contributed by atoms with Crippen LogP contribution < -0.4 is 11.2 Å². The van der Waals surface area contributed by atoms with Gasteiger partial charge in [-0.05, 0) is 6.92 Å². The van der Waals surface area contributed by atoms with E-state index in [9.17, 15) is 19.5 Å². The van der Waals surface area contributed by atoms with Crippen molar-refractivity contribution in [1.82, 2.24) is 9.55 Å². The van der Waals surface area contributed by atoms with Crippen molar-refractivity contribution < 1.29 is 19.7 Å². The van der Waals surface area contributed by atoms with Crippen LogP contribution >= 0.6 is 0 Å². The molecule has 1 aromatic heterocycles. The van der Waals surface area contributed by atoms with Gasteiger partial charge in [-0.2, -0.15) is 0 Å². The number of H-pyrrole nitrogens is 1. The van der Waals surface area contributed by atoms with Crippen molar-refractivity contribution in [3.05, 3.63) is 32.6 Å². The molecule has 8 heteroatoms. The summed E-state index contributed by atoms with van der Waals surface area (Å²) in [4.78, 5) is 35.6. The van der Waals surface area contributed by atoms with E-state index in [1.807, 2.05) is 0 Å². The molecule has 0 aromatic carbocycles. The molecule has 2 rings (SSSR count). The third-order valence-corrected chi connectivity index (χ3v) is 2.80. The lowest BCUT2D eigenvalue weighted by Gasteiger charge is -2.13. The number of hydrogen-bond donors (Lipinski definition) is 3. The minimum Gasteiger partial charge on any atom is -0.479 e. The van der Waals surface area contributed by atoms with Crippen molar-refractivity contribution in [3.63, 3.8) is 0 Å². The van der Waals surface area contributed by atoms with Crippen LogP contribution in [-0.2, 0) is 9.53 Å². The number of nitrogens with zero attached hydrogens (tertiary/aromatic N) is 1. The van der Waals surface area contributed by atoms with Gasteiger partial charge in [-0.1, -0.05) is 0 Å². The van der Waals surface area contributed by atoms with Crippen molar-refractivity contribution >= 4 is 5.97 Å². The summed E-state index contributed by atoms with van der Waals surface area (Å²) in [5.74, 6) is -1.29. The van der Waals surface area contributed by atoms with Gasteiger partial charge in [-0.25, -0.2) is 9.59 Å². The smallest absolute Gasteiger partial charge is 0.335 e. The van der Waals surface area contributed by atoms with Crippen molar-refractivity contribution in [3.8, 4) is 0 Å². The molecule has 1 aromatic rings. The van der Waals surface area contributed by atoms with Crippen LogP contribution in [0.5, 0.6) is 0 Å². The van der Waals surface area contributed by atoms with E-state index in [2.05, 4.69) is 4.98 Å². The summed E-state index contributed by atoms with van der Waals surface area (Å²) in [5, 5.41) is 18.3. The van der Waals surface area contributed by atoms with Gasteiger partial charge in [0.1, 0.15) is 6.23 Å². The molecular formula is C10H12N2O6. The van der Waals surface area contributed by atoms with Crippen LogP contribution in [0.25, 0.3) is 0 Å². The number of aromatic nitrogens is 2. The zero-order valence-electron chi connectivity index (χ0n) is 9.49. The Morgan fingerprint density at radius 1 is 1.56 bits per heavy atom. The predicted octanol–water partition coefficient (Wildman–Crippen LogP) is -1.42. The van der Waals surface area contributed by atoms with E-state index in [4.69, 9.17) is 9.84 Å². The first kappa shape index (κ1) is 12.5. The monoisotopic (exact) mass is 256 g/mol. The van der Waals surface area contributed by atoms with Gasteiger partial charge < -0.3 is 14.9 Å². The SMILES string of the molecule is Cc1cn([C@@H]2C[C@H](O)[C@@H](C(=O)O)O2)c(=O)[nH]c1=O. The highest BCUT2D eigenvalue weighted by Gasteiger charge is 2.40. The van der Waals surface area contributed by atoms with Gasteiger partial charge in [0.15, 0.2) is 6.10 Å². The van der Waals surface area contributed by atoms with Crippen LogP contribution in [0, 0.1) is 6.92 Å². The summed E-state index contributed by atoms with van der Waals surface area (Å²) in [6, 6.07) is 0. The molecule has 98 valence electrons. The maximum absolute atomic E-state index is 11.6. The zero-order chi connectivity index (χ0) is 13.4. The number of carboxylic acids is 1. The second-order valence-electron chi connectivity index (χ2n) is 4.13. The third-order valence-electron chi connectivity index (χ3n) is 2.80. The molecule has 0 spiro atoms. The summed E-state index contributed by atoms with van der Waals surface area (Å²) in [5.41, 5.74) is -0.912. The van der Waals surface area contributed by atoms with Crippen molar-refractivity contribution in [2.75, 3.05) is 0 Å². The molecule has 0 amide bonds. The average molecular weight is 256 g/mol. The predicted molar refractivity (Wildman–Crippen MR) is 58.2 cm³/mol. The number of nitrogens with one attached hydrogen (secondary N) is 1.